The third-order valence-corrected chi connectivity index (χ3v) is 2.17. The molecule has 0 fully saturated rings. The van der Waals surface area contributed by atoms with Crippen molar-refractivity contribution in [2.45, 2.75) is 43.2 Å². The summed E-state index contributed by atoms with van der Waals surface area (Å²) in [5.74, 6) is 0. The maximum Gasteiger partial charge on any atom is 0.0973 e. The molecule has 0 aliphatic heterocycles. The molecule has 1 nitrogen and oxygen atoms in total. The molecule has 0 saturated carbocycles. The third kappa shape index (κ3) is 10.8. The monoisotopic (exact) mass is 228 g/mol. The van der Waals surface area contributed by atoms with Crippen LogP contribution in [0.15, 0.2) is 0 Å². The van der Waals surface area contributed by atoms with E-state index in [0.29, 0.717) is 0 Å². The van der Waals surface area contributed by atoms with Gasteiger partial charge in [-0.1, -0.05) is 0 Å². The largest absolute Gasteiger partial charge is 0.376 e. The lowest BCUT2D eigenvalue weighted by atomic mass is 10.2. The minimum Gasteiger partial charge on any atom is -0.376 e. The lowest BCUT2D eigenvalue weighted by molar-refractivity contribution is -0.00446. The second kappa shape index (κ2) is 4.84. The van der Waals surface area contributed by atoms with E-state index in [1.165, 1.54) is 0 Å². The smallest absolute Gasteiger partial charge is 0.0973 e. The summed E-state index contributed by atoms with van der Waals surface area (Å²) in [6.45, 7) is 6.87. The van der Waals surface area contributed by atoms with E-state index in [4.69, 9.17) is 27.9 Å². The van der Waals surface area contributed by atoms with Crippen molar-refractivity contribution in [2.75, 3.05) is 6.61 Å². The van der Waals surface area contributed by atoms with E-state index in [1.54, 1.807) is 0 Å². The van der Waals surface area contributed by atoms with E-state index in [2.05, 4.69) is 0 Å². The first kappa shape index (κ1) is 12.8. The zero-order chi connectivity index (χ0) is 9.83. The highest BCUT2D eigenvalue weighted by atomic mass is 35.5. The van der Waals surface area contributed by atoms with Crippen LogP contribution in [0.5, 0.6) is 0 Å². The highest BCUT2D eigenvalue weighted by Gasteiger charge is 2.16. The number of alkyl halides is 2. The van der Waals surface area contributed by atoms with Crippen molar-refractivity contribution in [2.24, 2.45) is 0 Å². The van der Waals surface area contributed by atoms with Crippen molar-refractivity contribution in [1.29, 1.82) is 0 Å². The van der Waals surface area contributed by atoms with Crippen LogP contribution in [-0.4, -0.2) is 26.4 Å². The predicted molar refractivity (Wildman–Crippen MR) is 59.3 cm³/mol. The second-order valence-corrected chi connectivity index (χ2v) is 8.97. The summed E-state index contributed by atoms with van der Waals surface area (Å²) in [5, 5.41) is 0. The summed E-state index contributed by atoms with van der Waals surface area (Å²) in [6, 6.07) is 0. The molecule has 12 heavy (non-hydrogen) atoms. The van der Waals surface area contributed by atoms with Crippen LogP contribution in [0.3, 0.4) is 0 Å². The van der Waals surface area contributed by atoms with E-state index in [9.17, 15) is 0 Å². The molecule has 74 valence electrons. The second-order valence-electron chi connectivity index (χ2n) is 4.13. The molecule has 0 rings (SSSR count). The number of rotatable bonds is 4. The maximum absolute atomic E-state index is 5.85. The predicted octanol–water partition coefficient (Wildman–Crippen LogP) is 2.08. The van der Waals surface area contributed by atoms with Crippen LogP contribution in [0.4, 0.5) is 0 Å². The zero-order valence-electron chi connectivity index (χ0n) is 8.29. The lowest BCUT2D eigenvalue weighted by Crippen LogP contribution is -2.21. The molecule has 0 bridgehead atoms. The third-order valence-electron chi connectivity index (χ3n) is 1.30. The Balaban J connectivity index is 3.35. The van der Waals surface area contributed by atoms with Crippen LogP contribution < -0.4 is 0 Å². The van der Waals surface area contributed by atoms with E-state index in [1.807, 2.05) is 20.8 Å². The summed E-state index contributed by atoms with van der Waals surface area (Å²) < 4.78 is 5.05. The van der Waals surface area contributed by atoms with Gasteiger partial charge in [0.1, 0.15) is 0 Å². The summed E-state index contributed by atoms with van der Waals surface area (Å²) in [6.07, 6.45) is 1.77. The highest BCUT2D eigenvalue weighted by Crippen LogP contribution is 2.22. The first-order chi connectivity index (χ1) is 5.21. The first-order valence-electron chi connectivity index (χ1n) is 4.22. The molecule has 0 atom stereocenters. The van der Waals surface area contributed by atoms with Crippen molar-refractivity contribution in [3.05, 3.63) is 0 Å². The van der Waals surface area contributed by atoms with Crippen LogP contribution in [0, 0.1) is 0 Å². The van der Waals surface area contributed by atoms with Gasteiger partial charge in [0.05, 0.1) is 9.56 Å². The molecule has 0 aromatic rings. The number of ether oxygens (including phenoxy) is 1. The fourth-order valence-corrected chi connectivity index (χ4v) is 1.38. The quantitative estimate of drug-likeness (QED) is 0.407. The van der Waals surface area contributed by atoms with E-state index in [-0.39, 0.29) is 5.60 Å². The van der Waals surface area contributed by atoms with Gasteiger partial charge >= 0.3 is 0 Å². The molecule has 0 aliphatic carbocycles. The fraction of sp³-hybridized carbons (Fsp3) is 1.00. The van der Waals surface area contributed by atoms with Gasteiger partial charge in [-0.15, -0.1) is 23.2 Å². The normalized spacial score (nSPS) is 13.8. The van der Waals surface area contributed by atoms with Crippen LogP contribution >= 0.6 is 23.2 Å². The minimum atomic E-state index is -0.471. The van der Waals surface area contributed by atoms with Gasteiger partial charge in [0, 0.05) is 16.8 Å². The Hall–Kier alpha value is 0.757. The molecule has 0 aromatic carbocycles. The molecular formula is C8H18Cl2OSi. The Labute approximate surface area is 88.2 Å². The fourth-order valence-electron chi connectivity index (χ4n) is 0.761. The Morgan fingerprint density at radius 1 is 1.25 bits per heavy atom. The molecule has 0 unspecified atom stereocenters. The maximum atomic E-state index is 5.85. The number of halogens is 2. The minimum absolute atomic E-state index is 0.0492. The van der Waals surface area contributed by atoms with E-state index >= 15 is 0 Å². The molecule has 4 heteroatoms. The van der Waals surface area contributed by atoms with Crippen molar-refractivity contribution >= 4 is 33.4 Å². The molecule has 0 spiro atoms. The Kier molecular flexibility index (Phi) is 5.15. The average Bonchev–Trinajstić information content (AvgIpc) is 1.76. The van der Waals surface area contributed by atoms with Gasteiger partial charge in [-0.2, -0.15) is 0 Å². The summed E-state index contributed by atoms with van der Waals surface area (Å²) >= 11 is 11.7. The molecule has 0 N–H and O–H groups in total. The van der Waals surface area contributed by atoms with Gasteiger partial charge in [-0.05, 0) is 33.6 Å². The Morgan fingerprint density at radius 2 is 1.75 bits per heavy atom. The van der Waals surface area contributed by atoms with E-state index in [0.717, 1.165) is 29.7 Å². The summed E-state index contributed by atoms with van der Waals surface area (Å²) in [7, 11) is 0.809. The molecule has 0 amide bonds. The van der Waals surface area contributed by atoms with Crippen LogP contribution in [-0.2, 0) is 4.74 Å². The highest BCUT2D eigenvalue weighted by molar-refractivity contribution is 6.65. The number of hydrogen-bond donors (Lipinski definition) is 0. The Bertz CT molecular complexity index is 110. The van der Waals surface area contributed by atoms with Gasteiger partial charge in [0.25, 0.3) is 0 Å². The number of hydrogen-bond acceptors (Lipinski definition) is 1. The van der Waals surface area contributed by atoms with Crippen molar-refractivity contribution in [1.82, 2.24) is 0 Å². The van der Waals surface area contributed by atoms with Crippen LogP contribution in [0.25, 0.3) is 0 Å². The zero-order valence-corrected chi connectivity index (χ0v) is 11.8. The van der Waals surface area contributed by atoms with Gasteiger partial charge in [-0.3, -0.25) is 0 Å². The molecule has 0 aromatic heterocycles. The van der Waals surface area contributed by atoms with Crippen molar-refractivity contribution in [3.8, 4) is 0 Å². The molecule has 0 heterocycles. The van der Waals surface area contributed by atoms with Crippen LogP contribution in [0.2, 0.25) is 0 Å². The molecular weight excluding hydrogens is 211 g/mol. The van der Waals surface area contributed by atoms with Gasteiger partial charge < -0.3 is 4.74 Å². The molecule has 0 aliphatic rings. The first-order valence-corrected chi connectivity index (χ1v) is 5.98. The van der Waals surface area contributed by atoms with E-state index < -0.39 is 3.96 Å². The molecule has 0 saturated heterocycles. The molecule has 0 radical (unpaired) electrons. The lowest BCUT2D eigenvalue weighted by Gasteiger charge is -2.20. The van der Waals surface area contributed by atoms with Gasteiger partial charge in [-0.25, -0.2) is 0 Å². The SMILES string of the molecule is CC(C)(C)OCCCC([SiH3])(Cl)Cl. The van der Waals surface area contributed by atoms with Crippen molar-refractivity contribution in [3.63, 3.8) is 0 Å². The van der Waals surface area contributed by atoms with Crippen molar-refractivity contribution < 1.29 is 4.74 Å². The Morgan fingerprint density at radius 3 is 2.08 bits per heavy atom. The van der Waals surface area contributed by atoms with Crippen LogP contribution in [0.1, 0.15) is 33.6 Å². The summed E-state index contributed by atoms with van der Waals surface area (Å²) in [5.41, 5.74) is -0.0492. The summed E-state index contributed by atoms with van der Waals surface area (Å²) in [4.78, 5) is 0. The topological polar surface area (TPSA) is 9.23 Å². The average molecular weight is 229 g/mol. The standard InChI is InChI=1S/C8H18Cl2OSi/c1-7(2,3)11-6-4-5-8(9,10)12/h4-6H2,1-3,12H3. The van der Waals surface area contributed by atoms with Gasteiger partial charge in [0.2, 0.25) is 0 Å². The van der Waals surface area contributed by atoms with Gasteiger partial charge in [0.15, 0.2) is 0 Å².